The zero-order chi connectivity index (χ0) is 16.4. The standard InChI is InChI=1S/C11H16BrN7O3/c1-4(12)8-9(13)16-11(14)17-10(8)19(18-15)7-2-5(21)6(3-20)22-7/h5-7,15,20-21H,1-3H2,(H4,13,14,16,17)/t5-,6-,7-/m1/s1. The molecule has 0 saturated carbocycles. The first-order chi connectivity index (χ1) is 10.4. The van der Waals surface area contributed by atoms with Gasteiger partial charge in [-0.3, -0.25) is 0 Å². The molecular weight excluding hydrogens is 358 g/mol. The van der Waals surface area contributed by atoms with Crippen molar-refractivity contribution in [2.45, 2.75) is 24.9 Å². The van der Waals surface area contributed by atoms with E-state index in [4.69, 9.17) is 26.8 Å². The molecule has 11 heteroatoms. The van der Waals surface area contributed by atoms with Crippen LogP contribution in [-0.4, -0.2) is 45.2 Å². The fraction of sp³-hybridized carbons (Fsp3) is 0.455. The summed E-state index contributed by atoms with van der Waals surface area (Å²) in [5.41, 5.74) is 19.1. The van der Waals surface area contributed by atoms with Gasteiger partial charge in [-0.05, 0) is 0 Å². The lowest BCUT2D eigenvalue weighted by atomic mass is 10.2. The van der Waals surface area contributed by atoms with E-state index in [1.807, 2.05) is 0 Å². The van der Waals surface area contributed by atoms with Crippen molar-refractivity contribution in [1.82, 2.24) is 9.97 Å². The number of aliphatic hydroxyl groups excluding tert-OH is 2. The molecule has 3 atom stereocenters. The van der Waals surface area contributed by atoms with Crippen LogP contribution in [0.25, 0.3) is 4.48 Å². The predicted molar refractivity (Wildman–Crippen MR) is 82.8 cm³/mol. The molecule has 1 saturated heterocycles. The number of aromatic nitrogens is 2. The first-order valence-corrected chi connectivity index (χ1v) is 7.07. The lowest BCUT2D eigenvalue weighted by molar-refractivity contribution is -0.0229. The van der Waals surface area contributed by atoms with Gasteiger partial charge in [0.1, 0.15) is 11.9 Å². The zero-order valence-electron chi connectivity index (χ0n) is 11.5. The molecule has 1 aromatic heterocycles. The molecule has 1 fully saturated rings. The van der Waals surface area contributed by atoms with Crippen LogP contribution in [0.4, 0.5) is 17.6 Å². The molecule has 10 nitrogen and oxygen atoms in total. The van der Waals surface area contributed by atoms with Gasteiger partial charge in [-0.15, -0.1) is 0 Å². The maximum atomic E-state index is 9.81. The number of nitrogen functional groups attached to an aromatic ring is 2. The molecule has 1 aliphatic rings. The lowest BCUT2D eigenvalue weighted by Crippen LogP contribution is -2.32. The smallest absolute Gasteiger partial charge is 0.224 e. The Bertz CT molecular complexity index is 599. The summed E-state index contributed by atoms with van der Waals surface area (Å²) in [6.07, 6.45) is -2.32. The van der Waals surface area contributed by atoms with Crippen LogP contribution in [0.3, 0.4) is 0 Å². The second-order valence-corrected chi connectivity index (χ2v) is 5.59. The number of aliphatic hydroxyl groups is 2. The SMILES string of the molecule is C=C(Br)c1c(N)nc(N)nc1N(N=N)[C@H]1C[C@@H](O)[C@@H](CO)O1. The second-order valence-electron chi connectivity index (χ2n) is 4.63. The number of halogens is 1. The van der Waals surface area contributed by atoms with Crippen LogP contribution in [0.2, 0.25) is 0 Å². The molecule has 2 heterocycles. The molecule has 1 aliphatic heterocycles. The average Bonchev–Trinajstić information content (AvgIpc) is 2.79. The van der Waals surface area contributed by atoms with E-state index in [9.17, 15) is 5.11 Å². The van der Waals surface area contributed by atoms with Crippen molar-refractivity contribution in [3.8, 4) is 0 Å². The van der Waals surface area contributed by atoms with Gasteiger partial charge in [0.25, 0.3) is 0 Å². The third kappa shape index (κ3) is 3.02. The minimum absolute atomic E-state index is 0.0651. The van der Waals surface area contributed by atoms with Gasteiger partial charge in [0.15, 0.2) is 12.0 Å². The van der Waals surface area contributed by atoms with E-state index < -0.39 is 18.4 Å². The van der Waals surface area contributed by atoms with Crippen molar-refractivity contribution < 1.29 is 14.9 Å². The fourth-order valence-corrected chi connectivity index (χ4v) is 2.57. The molecule has 0 bridgehead atoms. The van der Waals surface area contributed by atoms with Gasteiger partial charge in [-0.1, -0.05) is 27.7 Å². The Morgan fingerprint density at radius 1 is 1.55 bits per heavy atom. The van der Waals surface area contributed by atoms with Crippen LogP contribution >= 0.6 is 15.9 Å². The summed E-state index contributed by atoms with van der Waals surface area (Å²) in [5, 5.41) is 23.4. The molecule has 1 aromatic rings. The van der Waals surface area contributed by atoms with Gasteiger partial charge in [-0.2, -0.15) is 20.5 Å². The number of nitrogens with two attached hydrogens (primary N) is 2. The maximum absolute atomic E-state index is 9.81. The third-order valence-electron chi connectivity index (χ3n) is 3.19. The van der Waals surface area contributed by atoms with Gasteiger partial charge in [-0.25, -0.2) is 0 Å². The van der Waals surface area contributed by atoms with Crippen molar-refractivity contribution in [2.75, 3.05) is 23.1 Å². The molecular formula is C11H16BrN7O3. The van der Waals surface area contributed by atoms with Crippen LogP contribution in [0.15, 0.2) is 11.8 Å². The minimum Gasteiger partial charge on any atom is -0.394 e. The van der Waals surface area contributed by atoms with E-state index in [1.54, 1.807) is 0 Å². The quantitative estimate of drug-likeness (QED) is 0.360. The summed E-state index contributed by atoms with van der Waals surface area (Å²) in [7, 11) is 0. The zero-order valence-corrected chi connectivity index (χ0v) is 13.1. The van der Waals surface area contributed by atoms with Crippen LogP contribution in [0.1, 0.15) is 12.0 Å². The number of nitrogens with one attached hydrogen (secondary N) is 1. The van der Waals surface area contributed by atoms with Crippen molar-refractivity contribution in [3.63, 3.8) is 0 Å². The molecule has 0 aromatic carbocycles. The molecule has 22 heavy (non-hydrogen) atoms. The highest BCUT2D eigenvalue weighted by atomic mass is 79.9. The normalized spacial score (nSPS) is 24.2. The molecule has 2 rings (SSSR count). The van der Waals surface area contributed by atoms with E-state index in [0.29, 0.717) is 10.0 Å². The van der Waals surface area contributed by atoms with E-state index in [0.717, 1.165) is 5.01 Å². The largest absolute Gasteiger partial charge is 0.394 e. The Morgan fingerprint density at radius 2 is 2.23 bits per heavy atom. The Morgan fingerprint density at radius 3 is 2.73 bits per heavy atom. The highest BCUT2D eigenvalue weighted by Crippen LogP contribution is 2.36. The minimum atomic E-state index is -0.883. The summed E-state index contributed by atoms with van der Waals surface area (Å²) < 4.78 is 5.85. The maximum Gasteiger partial charge on any atom is 0.224 e. The molecule has 0 unspecified atom stereocenters. The number of anilines is 3. The van der Waals surface area contributed by atoms with Gasteiger partial charge >= 0.3 is 0 Å². The van der Waals surface area contributed by atoms with Crippen molar-refractivity contribution in [3.05, 3.63) is 12.1 Å². The van der Waals surface area contributed by atoms with Gasteiger partial charge < -0.3 is 26.4 Å². The van der Waals surface area contributed by atoms with Gasteiger partial charge in [0, 0.05) is 10.9 Å². The van der Waals surface area contributed by atoms with Gasteiger partial charge in [0.2, 0.25) is 5.95 Å². The number of hydrogen-bond donors (Lipinski definition) is 5. The molecule has 0 spiro atoms. The van der Waals surface area contributed by atoms with E-state index in [2.05, 4.69) is 37.7 Å². The summed E-state index contributed by atoms with van der Waals surface area (Å²) in [6, 6.07) is 0. The van der Waals surface area contributed by atoms with Crippen molar-refractivity contribution >= 4 is 38.0 Å². The highest BCUT2D eigenvalue weighted by molar-refractivity contribution is 9.15. The molecule has 0 aliphatic carbocycles. The summed E-state index contributed by atoms with van der Waals surface area (Å²) in [5.74, 6) is 0.0869. The molecule has 120 valence electrons. The Balaban J connectivity index is 2.44. The third-order valence-corrected chi connectivity index (χ3v) is 3.58. The Kier molecular flexibility index (Phi) is 4.90. The van der Waals surface area contributed by atoms with E-state index >= 15 is 0 Å². The molecule has 0 amide bonds. The number of ether oxygens (including phenoxy) is 1. The van der Waals surface area contributed by atoms with Crippen molar-refractivity contribution in [1.29, 1.82) is 5.53 Å². The topological polar surface area (TPSA) is 167 Å². The highest BCUT2D eigenvalue weighted by Gasteiger charge is 2.39. The number of hydrogen-bond acceptors (Lipinski definition) is 9. The Labute approximate surface area is 134 Å². The summed E-state index contributed by atoms with van der Waals surface area (Å²) >= 11 is 3.20. The first-order valence-electron chi connectivity index (χ1n) is 6.27. The summed E-state index contributed by atoms with van der Waals surface area (Å²) in [6.45, 7) is 3.37. The Hall–Kier alpha value is -1.82. The second kappa shape index (κ2) is 6.52. The van der Waals surface area contributed by atoms with Crippen LogP contribution in [0.5, 0.6) is 0 Å². The summed E-state index contributed by atoms with van der Waals surface area (Å²) in [4.78, 5) is 7.87. The number of nitrogens with zero attached hydrogens (tertiary/aromatic N) is 4. The lowest BCUT2D eigenvalue weighted by Gasteiger charge is -2.25. The van der Waals surface area contributed by atoms with Crippen LogP contribution in [-0.2, 0) is 4.74 Å². The van der Waals surface area contributed by atoms with Crippen LogP contribution in [0, 0.1) is 5.53 Å². The van der Waals surface area contributed by atoms with E-state index in [-0.39, 0.29) is 30.6 Å². The first kappa shape index (κ1) is 16.5. The van der Waals surface area contributed by atoms with Crippen LogP contribution < -0.4 is 16.5 Å². The van der Waals surface area contributed by atoms with E-state index in [1.165, 1.54) is 0 Å². The fourth-order valence-electron chi connectivity index (χ4n) is 2.19. The average molecular weight is 374 g/mol. The molecule has 7 N–H and O–H groups in total. The van der Waals surface area contributed by atoms with Crippen molar-refractivity contribution in [2.24, 2.45) is 5.22 Å². The predicted octanol–water partition coefficient (Wildman–Crippen LogP) is 0.227. The van der Waals surface area contributed by atoms with Gasteiger partial charge in [0.05, 0.1) is 18.3 Å². The number of rotatable bonds is 5. The monoisotopic (exact) mass is 373 g/mol. The molecule has 0 radical (unpaired) electrons.